The number of fused-ring (bicyclic) bond motifs is 3. The number of amides is 3. The van der Waals surface area contributed by atoms with Crippen LogP contribution < -0.4 is 30.2 Å². The van der Waals surface area contributed by atoms with Crippen molar-refractivity contribution in [2.24, 2.45) is 0 Å². The molecule has 11 nitrogen and oxygen atoms in total. The molecule has 0 radical (unpaired) electrons. The minimum absolute atomic E-state index is 0.0568. The van der Waals surface area contributed by atoms with Crippen molar-refractivity contribution in [2.75, 3.05) is 20.3 Å². The monoisotopic (exact) mass is 507 g/mol. The van der Waals surface area contributed by atoms with Gasteiger partial charge in [0.05, 0.1) is 24.5 Å². The van der Waals surface area contributed by atoms with Crippen LogP contribution in [-0.4, -0.2) is 59.2 Å². The summed E-state index contributed by atoms with van der Waals surface area (Å²) in [6, 6.07) is 4.01. The van der Waals surface area contributed by atoms with Crippen LogP contribution in [-0.2, 0) is 14.4 Å². The molecule has 0 spiro atoms. The van der Waals surface area contributed by atoms with Crippen LogP contribution in [0, 0.1) is 5.82 Å². The van der Waals surface area contributed by atoms with Crippen molar-refractivity contribution >= 4 is 29.3 Å². The van der Waals surface area contributed by atoms with Gasteiger partial charge in [-0.1, -0.05) is 11.6 Å². The van der Waals surface area contributed by atoms with E-state index in [1.165, 1.54) is 31.6 Å². The lowest BCUT2D eigenvalue weighted by Crippen LogP contribution is -2.77. The van der Waals surface area contributed by atoms with Gasteiger partial charge < -0.3 is 30.2 Å². The van der Waals surface area contributed by atoms with Crippen LogP contribution in [0.1, 0.15) is 25.7 Å². The first-order chi connectivity index (χ1) is 16.7. The first-order valence-electron chi connectivity index (χ1n) is 10.7. The van der Waals surface area contributed by atoms with Crippen LogP contribution >= 0.6 is 11.6 Å². The molecule has 3 amide bonds. The van der Waals surface area contributed by atoms with E-state index in [2.05, 4.69) is 25.9 Å². The molecular formula is C22H23ClFN5O6. The molecule has 1 aromatic carbocycles. The van der Waals surface area contributed by atoms with Crippen molar-refractivity contribution in [2.45, 2.75) is 36.9 Å². The maximum Gasteiger partial charge on any atom is 0.316 e. The fraction of sp³-hybridized carbons (Fsp3) is 0.409. The zero-order chi connectivity index (χ0) is 25.1. The normalized spacial score (nSPS) is 22.7. The summed E-state index contributed by atoms with van der Waals surface area (Å²) in [6.45, 7) is -0.692. The zero-order valence-corrected chi connectivity index (χ0v) is 19.5. The summed E-state index contributed by atoms with van der Waals surface area (Å²) in [5.74, 6) is -1.58. The Morgan fingerprint density at radius 3 is 2.29 bits per heavy atom. The predicted molar refractivity (Wildman–Crippen MR) is 119 cm³/mol. The maximum atomic E-state index is 13.5. The molecule has 2 saturated heterocycles. The van der Waals surface area contributed by atoms with Crippen molar-refractivity contribution in [3.05, 3.63) is 41.4 Å². The van der Waals surface area contributed by atoms with E-state index in [1.807, 2.05) is 0 Å². The van der Waals surface area contributed by atoms with Crippen LogP contribution in [0.15, 0.2) is 30.6 Å². The van der Waals surface area contributed by atoms with Gasteiger partial charge in [-0.2, -0.15) is 9.97 Å². The first kappa shape index (κ1) is 24.5. The number of hydrogen-bond acceptors (Lipinski definition) is 8. The van der Waals surface area contributed by atoms with Gasteiger partial charge in [0.25, 0.3) is 11.8 Å². The molecule has 0 atom stereocenters. The summed E-state index contributed by atoms with van der Waals surface area (Å²) >= 11 is 5.63. The summed E-state index contributed by atoms with van der Waals surface area (Å²) in [5, 5.41) is 8.32. The Labute approximate surface area is 204 Å². The molecule has 3 fully saturated rings. The third-order valence-electron chi connectivity index (χ3n) is 5.92. The van der Waals surface area contributed by atoms with Gasteiger partial charge in [0.2, 0.25) is 5.91 Å². The minimum atomic E-state index is -1.10. The van der Waals surface area contributed by atoms with E-state index < -0.39 is 41.3 Å². The van der Waals surface area contributed by atoms with E-state index >= 15 is 0 Å². The molecule has 3 aliphatic rings. The topological polar surface area (TPSA) is 141 Å². The molecule has 5 rings (SSSR count). The number of methoxy groups -OCH3 is 1. The number of halogens is 2. The molecule has 0 unspecified atom stereocenters. The molecule has 3 heterocycles. The molecule has 1 saturated carbocycles. The van der Waals surface area contributed by atoms with Gasteiger partial charge in [-0.05, 0) is 37.8 Å². The quantitative estimate of drug-likeness (QED) is 0.458. The number of benzene rings is 1. The van der Waals surface area contributed by atoms with Crippen molar-refractivity contribution in [3.8, 4) is 17.5 Å². The summed E-state index contributed by atoms with van der Waals surface area (Å²) in [5.41, 5.74) is -2.02. The zero-order valence-electron chi connectivity index (χ0n) is 18.7. The summed E-state index contributed by atoms with van der Waals surface area (Å²) in [7, 11) is 1.43. The summed E-state index contributed by atoms with van der Waals surface area (Å²) in [6.07, 6.45) is 4.25. The highest BCUT2D eigenvalue weighted by Gasteiger charge is 2.55. The molecule has 3 N–H and O–H groups in total. The Hall–Kier alpha value is -3.67. The fourth-order valence-corrected chi connectivity index (χ4v) is 4.20. The number of carbonyl (C=O) groups is 3. The van der Waals surface area contributed by atoms with Gasteiger partial charge >= 0.3 is 6.01 Å². The van der Waals surface area contributed by atoms with Gasteiger partial charge in [-0.15, -0.1) is 0 Å². The fourth-order valence-electron chi connectivity index (χ4n) is 4.09. The largest absolute Gasteiger partial charge is 0.484 e. The Kier molecular flexibility index (Phi) is 6.92. The van der Waals surface area contributed by atoms with E-state index in [9.17, 15) is 18.8 Å². The summed E-state index contributed by atoms with van der Waals surface area (Å²) in [4.78, 5) is 45.5. The summed E-state index contributed by atoms with van der Waals surface area (Å²) < 4.78 is 29.1. The minimum Gasteiger partial charge on any atom is -0.484 e. The molecule has 186 valence electrons. The third kappa shape index (κ3) is 5.53. The standard InChI is InChI=1S/C22H23ClFN5O6/c1-33-20-25-9-14(10-26-20)35-12-18(31)28-22-6-4-21(5-7-22,19(32)29-22)27-17(30)11-34-13-2-3-15(23)16(24)8-13/h2-3,8-10H,4-7,11-12H2,1H3,(H,27,30)(H,28,31)(H,29,32). The second kappa shape index (κ2) is 9.90. The molecular weight excluding hydrogens is 485 g/mol. The number of nitrogens with one attached hydrogen (secondary N) is 3. The first-order valence-corrected chi connectivity index (χ1v) is 11.1. The van der Waals surface area contributed by atoms with Crippen LogP contribution in [0.4, 0.5) is 4.39 Å². The lowest BCUT2D eigenvalue weighted by Gasteiger charge is -2.52. The molecule has 1 aliphatic carbocycles. The second-order valence-corrected chi connectivity index (χ2v) is 8.68. The average molecular weight is 508 g/mol. The van der Waals surface area contributed by atoms with Gasteiger partial charge in [-0.3, -0.25) is 14.4 Å². The molecule has 2 aromatic rings. The van der Waals surface area contributed by atoms with E-state index in [0.717, 1.165) is 6.07 Å². The van der Waals surface area contributed by atoms with E-state index in [-0.39, 0.29) is 23.4 Å². The third-order valence-corrected chi connectivity index (χ3v) is 6.23. The van der Waals surface area contributed by atoms with Gasteiger partial charge in [-0.25, -0.2) is 4.39 Å². The molecule has 2 aliphatic heterocycles. The van der Waals surface area contributed by atoms with Crippen LogP contribution in [0.2, 0.25) is 5.02 Å². The molecule has 1 aromatic heterocycles. The SMILES string of the molecule is COc1ncc(OCC(=O)NC23CCC(NC(=O)COc4ccc(Cl)c(F)c4)(CC2)C(=O)N3)cn1. The number of piperidine rings is 2. The van der Waals surface area contributed by atoms with Gasteiger partial charge in [0.1, 0.15) is 22.8 Å². The lowest BCUT2D eigenvalue weighted by atomic mass is 9.71. The van der Waals surface area contributed by atoms with E-state index in [4.69, 9.17) is 25.8 Å². The van der Waals surface area contributed by atoms with Crippen LogP contribution in [0.3, 0.4) is 0 Å². The Morgan fingerprint density at radius 1 is 1.06 bits per heavy atom. The average Bonchev–Trinajstić information content (AvgIpc) is 2.85. The Morgan fingerprint density at radius 2 is 1.69 bits per heavy atom. The Bertz CT molecular complexity index is 1120. The highest BCUT2D eigenvalue weighted by Crippen LogP contribution is 2.39. The molecule has 2 bridgehead atoms. The number of ether oxygens (including phenoxy) is 3. The number of nitrogens with zero attached hydrogens (tertiary/aromatic N) is 2. The van der Waals surface area contributed by atoms with Crippen molar-refractivity contribution in [1.82, 2.24) is 25.9 Å². The molecule has 13 heteroatoms. The van der Waals surface area contributed by atoms with Crippen molar-refractivity contribution in [3.63, 3.8) is 0 Å². The lowest BCUT2D eigenvalue weighted by molar-refractivity contribution is -0.147. The molecule has 35 heavy (non-hydrogen) atoms. The Balaban J connectivity index is 1.27. The second-order valence-electron chi connectivity index (χ2n) is 8.27. The predicted octanol–water partition coefficient (Wildman–Crippen LogP) is 1.11. The number of hydrogen-bond donors (Lipinski definition) is 3. The van der Waals surface area contributed by atoms with Crippen molar-refractivity contribution < 1.29 is 33.0 Å². The number of rotatable bonds is 9. The highest BCUT2D eigenvalue weighted by atomic mass is 35.5. The maximum absolute atomic E-state index is 13.5. The number of carbonyl (C=O) groups excluding carboxylic acids is 3. The van der Waals surface area contributed by atoms with Crippen molar-refractivity contribution in [1.29, 1.82) is 0 Å². The highest BCUT2D eigenvalue weighted by molar-refractivity contribution is 6.30. The smallest absolute Gasteiger partial charge is 0.316 e. The van der Waals surface area contributed by atoms with Gasteiger partial charge in [0.15, 0.2) is 19.0 Å². The van der Waals surface area contributed by atoms with Gasteiger partial charge in [0, 0.05) is 6.07 Å². The van der Waals surface area contributed by atoms with Crippen LogP contribution in [0.25, 0.3) is 0 Å². The van der Waals surface area contributed by atoms with E-state index in [1.54, 1.807) is 0 Å². The number of aromatic nitrogens is 2. The van der Waals surface area contributed by atoms with E-state index in [0.29, 0.717) is 31.4 Å². The van der Waals surface area contributed by atoms with Crippen LogP contribution in [0.5, 0.6) is 17.5 Å².